The van der Waals surface area contributed by atoms with E-state index in [0.717, 1.165) is 27.2 Å². The fourth-order valence-corrected chi connectivity index (χ4v) is 2.20. The van der Waals surface area contributed by atoms with Crippen LogP contribution >= 0.6 is 34.2 Å². The molecule has 0 N–H and O–H groups in total. The molecular formula is C10H10ClIO. The highest BCUT2D eigenvalue weighted by atomic mass is 127. The zero-order valence-electron chi connectivity index (χ0n) is 7.31. The molecule has 1 aliphatic heterocycles. The van der Waals surface area contributed by atoms with Crippen LogP contribution in [0, 0.1) is 6.92 Å². The van der Waals surface area contributed by atoms with Gasteiger partial charge in [0, 0.05) is 15.9 Å². The van der Waals surface area contributed by atoms with Crippen LogP contribution in [0.25, 0.3) is 0 Å². The lowest BCUT2D eigenvalue weighted by molar-refractivity contribution is 0.262. The Morgan fingerprint density at radius 1 is 1.62 bits per heavy atom. The van der Waals surface area contributed by atoms with Crippen molar-refractivity contribution in [3.05, 3.63) is 28.3 Å². The smallest absolute Gasteiger partial charge is 0.123 e. The van der Waals surface area contributed by atoms with Gasteiger partial charge in [-0.1, -0.05) is 34.2 Å². The predicted octanol–water partition coefficient (Wildman–Crippen LogP) is 3.39. The Morgan fingerprint density at radius 3 is 3.08 bits per heavy atom. The second-order valence-electron chi connectivity index (χ2n) is 3.31. The Bertz CT molecular complexity index is 307. The summed E-state index contributed by atoms with van der Waals surface area (Å²) < 4.78 is 6.76. The van der Waals surface area contributed by atoms with Crippen LogP contribution in [0.4, 0.5) is 0 Å². The van der Waals surface area contributed by atoms with Gasteiger partial charge in [0.2, 0.25) is 0 Å². The lowest BCUT2D eigenvalue weighted by Gasteiger charge is -2.05. The minimum atomic E-state index is 0.341. The molecule has 13 heavy (non-hydrogen) atoms. The highest BCUT2D eigenvalue weighted by Crippen LogP contribution is 2.33. The van der Waals surface area contributed by atoms with Gasteiger partial charge in [0.1, 0.15) is 11.9 Å². The lowest BCUT2D eigenvalue weighted by Crippen LogP contribution is -2.13. The fourth-order valence-electron chi connectivity index (χ4n) is 1.52. The van der Waals surface area contributed by atoms with Crippen LogP contribution in [-0.4, -0.2) is 10.5 Å². The third kappa shape index (κ3) is 1.79. The van der Waals surface area contributed by atoms with E-state index in [2.05, 4.69) is 22.6 Å². The second kappa shape index (κ2) is 3.65. The van der Waals surface area contributed by atoms with Gasteiger partial charge < -0.3 is 4.74 Å². The molecule has 0 aromatic heterocycles. The van der Waals surface area contributed by atoms with Crippen molar-refractivity contribution in [2.75, 3.05) is 4.43 Å². The first-order valence-corrected chi connectivity index (χ1v) is 6.12. The van der Waals surface area contributed by atoms with E-state index in [1.165, 1.54) is 5.56 Å². The number of benzene rings is 1. The van der Waals surface area contributed by atoms with Gasteiger partial charge >= 0.3 is 0 Å². The Kier molecular flexibility index (Phi) is 2.70. The van der Waals surface area contributed by atoms with Gasteiger partial charge in [0.25, 0.3) is 0 Å². The Hall–Kier alpha value is 0.0400. The summed E-state index contributed by atoms with van der Waals surface area (Å²) in [7, 11) is 0. The van der Waals surface area contributed by atoms with Gasteiger partial charge in [-0.2, -0.15) is 0 Å². The molecule has 0 spiro atoms. The van der Waals surface area contributed by atoms with Crippen molar-refractivity contribution in [3.8, 4) is 5.75 Å². The molecule has 0 saturated carbocycles. The summed E-state index contributed by atoms with van der Waals surface area (Å²) in [5.74, 6) is 1.02. The third-order valence-electron chi connectivity index (χ3n) is 2.26. The second-order valence-corrected chi connectivity index (χ2v) is 4.60. The molecule has 1 aliphatic rings. The third-order valence-corrected chi connectivity index (χ3v) is 3.64. The first-order chi connectivity index (χ1) is 6.20. The number of hydrogen-bond acceptors (Lipinski definition) is 1. The van der Waals surface area contributed by atoms with E-state index < -0.39 is 0 Å². The van der Waals surface area contributed by atoms with Gasteiger partial charge in [0.05, 0.1) is 0 Å². The Labute approximate surface area is 96.6 Å². The molecule has 1 aromatic rings. The SMILES string of the molecule is Cc1cc2c(cc1Cl)CC(CI)O2. The molecule has 0 amide bonds. The number of aryl methyl sites for hydroxylation is 1. The molecule has 3 heteroatoms. The Morgan fingerprint density at radius 2 is 2.38 bits per heavy atom. The molecular weight excluding hydrogens is 298 g/mol. The highest BCUT2D eigenvalue weighted by Gasteiger charge is 2.22. The van der Waals surface area contributed by atoms with Crippen molar-refractivity contribution in [3.63, 3.8) is 0 Å². The zero-order valence-corrected chi connectivity index (χ0v) is 10.2. The molecule has 1 heterocycles. The van der Waals surface area contributed by atoms with Crippen LogP contribution in [0.2, 0.25) is 5.02 Å². The molecule has 0 aliphatic carbocycles. The molecule has 0 bridgehead atoms. The summed E-state index contributed by atoms with van der Waals surface area (Å²) >= 11 is 8.37. The molecule has 1 unspecified atom stereocenters. The maximum absolute atomic E-state index is 6.03. The van der Waals surface area contributed by atoms with E-state index in [1.54, 1.807) is 0 Å². The first kappa shape index (κ1) is 9.59. The van der Waals surface area contributed by atoms with E-state index in [0.29, 0.717) is 6.10 Å². The van der Waals surface area contributed by atoms with E-state index >= 15 is 0 Å². The quantitative estimate of drug-likeness (QED) is 0.571. The van der Waals surface area contributed by atoms with Crippen molar-refractivity contribution in [2.24, 2.45) is 0 Å². The van der Waals surface area contributed by atoms with Gasteiger partial charge in [-0.15, -0.1) is 0 Å². The molecule has 2 rings (SSSR count). The van der Waals surface area contributed by atoms with E-state index in [1.807, 2.05) is 19.1 Å². The summed E-state index contributed by atoms with van der Waals surface area (Å²) in [5.41, 5.74) is 2.34. The van der Waals surface area contributed by atoms with E-state index in [9.17, 15) is 0 Å². The van der Waals surface area contributed by atoms with Crippen molar-refractivity contribution < 1.29 is 4.74 Å². The first-order valence-electron chi connectivity index (χ1n) is 4.22. The summed E-state index contributed by atoms with van der Waals surface area (Å²) in [6.07, 6.45) is 1.34. The van der Waals surface area contributed by atoms with Gasteiger partial charge in [0.15, 0.2) is 0 Å². The molecule has 1 aromatic carbocycles. The highest BCUT2D eigenvalue weighted by molar-refractivity contribution is 14.1. The van der Waals surface area contributed by atoms with Crippen LogP contribution < -0.4 is 4.74 Å². The number of hydrogen-bond donors (Lipinski definition) is 0. The monoisotopic (exact) mass is 308 g/mol. The van der Waals surface area contributed by atoms with Crippen LogP contribution in [0.15, 0.2) is 12.1 Å². The number of ether oxygens (including phenoxy) is 1. The van der Waals surface area contributed by atoms with Crippen molar-refractivity contribution in [2.45, 2.75) is 19.4 Å². The van der Waals surface area contributed by atoms with Gasteiger partial charge in [-0.3, -0.25) is 0 Å². The van der Waals surface area contributed by atoms with Crippen molar-refractivity contribution in [1.82, 2.24) is 0 Å². The maximum atomic E-state index is 6.03. The average molecular weight is 309 g/mol. The standard InChI is InChI=1S/C10H10ClIO/c1-6-2-10-7(4-9(6)11)3-8(5-12)13-10/h2,4,8H,3,5H2,1H3. The molecule has 1 atom stereocenters. The predicted molar refractivity (Wildman–Crippen MR) is 63.2 cm³/mol. The van der Waals surface area contributed by atoms with Crippen LogP contribution in [0.1, 0.15) is 11.1 Å². The largest absolute Gasteiger partial charge is 0.489 e. The van der Waals surface area contributed by atoms with Crippen molar-refractivity contribution in [1.29, 1.82) is 0 Å². The normalized spacial score (nSPS) is 19.8. The average Bonchev–Trinajstić information content (AvgIpc) is 2.48. The molecule has 0 saturated heterocycles. The minimum Gasteiger partial charge on any atom is -0.489 e. The van der Waals surface area contributed by atoms with Crippen molar-refractivity contribution >= 4 is 34.2 Å². The zero-order chi connectivity index (χ0) is 9.42. The number of halogens is 2. The summed E-state index contributed by atoms with van der Waals surface area (Å²) in [6, 6.07) is 4.06. The number of fused-ring (bicyclic) bond motifs is 1. The molecule has 70 valence electrons. The molecule has 0 fully saturated rings. The molecule has 0 radical (unpaired) electrons. The summed E-state index contributed by atoms with van der Waals surface area (Å²) in [5, 5.41) is 0.844. The van der Waals surface area contributed by atoms with Gasteiger partial charge in [-0.05, 0) is 30.2 Å². The van der Waals surface area contributed by atoms with E-state index in [4.69, 9.17) is 16.3 Å². The maximum Gasteiger partial charge on any atom is 0.123 e. The Balaban J connectivity index is 2.36. The summed E-state index contributed by atoms with van der Waals surface area (Å²) in [6.45, 7) is 2.00. The molecule has 1 nitrogen and oxygen atoms in total. The van der Waals surface area contributed by atoms with E-state index in [-0.39, 0.29) is 0 Å². The fraction of sp³-hybridized carbons (Fsp3) is 0.400. The van der Waals surface area contributed by atoms with Crippen LogP contribution in [0.3, 0.4) is 0 Å². The van der Waals surface area contributed by atoms with Gasteiger partial charge in [-0.25, -0.2) is 0 Å². The van der Waals surface area contributed by atoms with Crippen LogP contribution in [0.5, 0.6) is 5.75 Å². The summed E-state index contributed by atoms with van der Waals surface area (Å²) in [4.78, 5) is 0. The number of alkyl halides is 1. The van der Waals surface area contributed by atoms with Crippen LogP contribution in [-0.2, 0) is 6.42 Å². The number of rotatable bonds is 1. The minimum absolute atomic E-state index is 0.341. The topological polar surface area (TPSA) is 9.23 Å². The lowest BCUT2D eigenvalue weighted by atomic mass is 10.1.